The van der Waals surface area contributed by atoms with Crippen molar-refractivity contribution in [1.29, 1.82) is 0 Å². The largest absolute Gasteiger partial charge is 0.493 e. The lowest BCUT2D eigenvalue weighted by Gasteiger charge is -2.34. The minimum atomic E-state index is 0.157. The highest BCUT2D eigenvalue weighted by molar-refractivity contribution is 5.76. The molecule has 0 bridgehead atoms. The predicted molar refractivity (Wildman–Crippen MR) is 84.2 cm³/mol. The minimum Gasteiger partial charge on any atom is -0.493 e. The molecule has 2 rings (SSSR count). The van der Waals surface area contributed by atoms with Crippen LogP contribution in [0.4, 0.5) is 0 Å². The third-order valence-electron chi connectivity index (χ3n) is 4.13. The number of amides is 1. The van der Waals surface area contributed by atoms with Crippen molar-refractivity contribution >= 4 is 5.91 Å². The first-order chi connectivity index (χ1) is 10.1. The number of likely N-dealkylation sites (tertiary alicyclic amines) is 1. The third kappa shape index (κ3) is 4.74. The van der Waals surface area contributed by atoms with Gasteiger partial charge >= 0.3 is 0 Å². The number of hydrogen-bond donors (Lipinski definition) is 1. The molecule has 0 radical (unpaired) electrons. The van der Waals surface area contributed by atoms with Crippen molar-refractivity contribution in [3.63, 3.8) is 0 Å². The van der Waals surface area contributed by atoms with Gasteiger partial charge in [-0.1, -0.05) is 12.1 Å². The number of nitrogens with zero attached hydrogens (tertiary/aromatic N) is 1. The Morgan fingerprint density at radius 3 is 3.05 bits per heavy atom. The molecule has 2 N–H and O–H groups in total. The number of benzene rings is 1. The van der Waals surface area contributed by atoms with E-state index in [4.69, 9.17) is 10.5 Å². The minimum absolute atomic E-state index is 0.157. The van der Waals surface area contributed by atoms with Crippen LogP contribution >= 0.6 is 0 Å². The highest BCUT2D eigenvalue weighted by atomic mass is 16.5. The van der Waals surface area contributed by atoms with Crippen LogP contribution in [0, 0.1) is 12.8 Å². The second-order valence-corrected chi connectivity index (χ2v) is 6.02. The summed E-state index contributed by atoms with van der Waals surface area (Å²) in [5.41, 5.74) is 7.12. The average molecular weight is 290 g/mol. The molecule has 1 fully saturated rings. The van der Waals surface area contributed by atoms with Gasteiger partial charge in [-0.15, -0.1) is 0 Å². The Balaban J connectivity index is 1.76. The summed E-state index contributed by atoms with van der Waals surface area (Å²) in [6, 6.07) is 8.05. The van der Waals surface area contributed by atoms with E-state index in [2.05, 4.69) is 0 Å². The zero-order valence-corrected chi connectivity index (χ0v) is 13.0. The lowest BCUT2D eigenvalue weighted by atomic mass is 9.92. The molecule has 1 aromatic rings. The molecule has 1 saturated heterocycles. The molecular formula is C17H26N2O2. The number of piperidine rings is 1. The Bertz CT molecular complexity index is 474. The van der Waals surface area contributed by atoms with Gasteiger partial charge in [0.1, 0.15) is 5.75 Å². The van der Waals surface area contributed by atoms with E-state index in [1.54, 1.807) is 0 Å². The standard InChI is InChI=1S/C17H26N2O2/c1-13-5-3-7-16(11-13)21-10-8-17(20)19-9-4-6-15(12-19)14(2)18/h3,5,7,11,14-15H,4,6,8-10,12,18H2,1-2H3. The molecule has 0 spiro atoms. The molecule has 0 aromatic heterocycles. The van der Waals surface area contributed by atoms with Gasteiger partial charge in [-0.25, -0.2) is 0 Å². The van der Waals surface area contributed by atoms with Gasteiger partial charge in [0.2, 0.25) is 5.91 Å². The van der Waals surface area contributed by atoms with Crippen molar-refractivity contribution in [1.82, 2.24) is 4.90 Å². The maximum atomic E-state index is 12.2. The van der Waals surface area contributed by atoms with Gasteiger partial charge in [0.05, 0.1) is 13.0 Å². The van der Waals surface area contributed by atoms with Crippen LogP contribution in [-0.4, -0.2) is 36.5 Å². The van der Waals surface area contributed by atoms with Crippen LogP contribution in [0.15, 0.2) is 24.3 Å². The van der Waals surface area contributed by atoms with Gasteiger partial charge in [-0.2, -0.15) is 0 Å². The molecule has 4 heteroatoms. The highest BCUT2D eigenvalue weighted by Gasteiger charge is 2.25. The number of aryl methyl sites for hydroxylation is 1. The summed E-state index contributed by atoms with van der Waals surface area (Å²) >= 11 is 0. The molecule has 2 atom stereocenters. The number of hydrogen-bond acceptors (Lipinski definition) is 3. The molecule has 1 aliphatic rings. The Morgan fingerprint density at radius 2 is 2.33 bits per heavy atom. The van der Waals surface area contributed by atoms with E-state index in [0.29, 0.717) is 18.9 Å². The van der Waals surface area contributed by atoms with Crippen LogP contribution in [0.2, 0.25) is 0 Å². The quantitative estimate of drug-likeness (QED) is 0.905. The molecule has 116 valence electrons. The van der Waals surface area contributed by atoms with Gasteiger partial charge in [-0.05, 0) is 50.3 Å². The smallest absolute Gasteiger partial charge is 0.226 e. The molecule has 1 aliphatic heterocycles. The summed E-state index contributed by atoms with van der Waals surface area (Å²) in [6.07, 6.45) is 2.61. The highest BCUT2D eigenvalue weighted by Crippen LogP contribution is 2.19. The Morgan fingerprint density at radius 1 is 1.52 bits per heavy atom. The second kappa shape index (κ2) is 7.46. The first kappa shape index (κ1) is 15.8. The fourth-order valence-corrected chi connectivity index (χ4v) is 2.79. The Kier molecular flexibility index (Phi) is 5.62. The fourth-order valence-electron chi connectivity index (χ4n) is 2.79. The maximum Gasteiger partial charge on any atom is 0.226 e. The fraction of sp³-hybridized carbons (Fsp3) is 0.588. The summed E-state index contributed by atoms with van der Waals surface area (Å²) in [4.78, 5) is 14.2. The molecule has 4 nitrogen and oxygen atoms in total. The summed E-state index contributed by atoms with van der Waals surface area (Å²) in [7, 11) is 0. The molecule has 0 saturated carbocycles. The lowest BCUT2D eigenvalue weighted by Crippen LogP contribution is -2.45. The first-order valence-corrected chi connectivity index (χ1v) is 7.79. The summed E-state index contributed by atoms with van der Waals surface area (Å²) in [5, 5.41) is 0. The zero-order chi connectivity index (χ0) is 15.2. The van der Waals surface area contributed by atoms with E-state index >= 15 is 0 Å². The van der Waals surface area contributed by atoms with Crippen molar-refractivity contribution in [2.24, 2.45) is 11.7 Å². The van der Waals surface area contributed by atoms with Crippen molar-refractivity contribution in [2.75, 3.05) is 19.7 Å². The number of carbonyl (C=O) groups excluding carboxylic acids is 1. The molecular weight excluding hydrogens is 264 g/mol. The average Bonchev–Trinajstić information content (AvgIpc) is 2.47. The number of ether oxygens (including phenoxy) is 1. The lowest BCUT2D eigenvalue weighted by molar-refractivity contribution is -0.133. The molecule has 1 amide bonds. The molecule has 1 heterocycles. The van der Waals surface area contributed by atoms with E-state index in [-0.39, 0.29) is 11.9 Å². The molecule has 21 heavy (non-hydrogen) atoms. The van der Waals surface area contributed by atoms with Crippen molar-refractivity contribution in [3.05, 3.63) is 29.8 Å². The van der Waals surface area contributed by atoms with E-state index in [1.165, 1.54) is 0 Å². The predicted octanol–water partition coefficient (Wildman–Crippen LogP) is 2.35. The summed E-state index contributed by atoms with van der Waals surface area (Å²) in [5.74, 6) is 1.43. The Hall–Kier alpha value is -1.55. The van der Waals surface area contributed by atoms with Crippen LogP contribution in [0.1, 0.15) is 31.7 Å². The monoisotopic (exact) mass is 290 g/mol. The third-order valence-corrected chi connectivity index (χ3v) is 4.13. The van der Waals surface area contributed by atoms with Crippen molar-refractivity contribution in [2.45, 2.75) is 39.2 Å². The normalized spacial score (nSPS) is 20.1. The van der Waals surface area contributed by atoms with Gasteiger partial charge in [-0.3, -0.25) is 4.79 Å². The van der Waals surface area contributed by atoms with Crippen LogP contribution in [0.5, 0.6) is 5.75 Å². The molecule has 1 aromatic carbocycles. The van der Waals surface area contributed by atoms with E-state index < -0.39 is 0 Å². The Labute approximate surface area is 127 Å². The van der Waals surface area contributed by atoms with Crippen LogP contribution in [0.3, 0.4) is 0 Å². The van der Waals surface area contributed by atoms with Crippen LogP contribution in [-0.2, 0) is 4.79 Å². The molecule has 0 aliphatic carbocycles. The first-order valence-electron chi connectivity index (χ1n) is 7.79. The topological polar surface area (TPSA) is 55.6 Å². The second-order valence-electron chi connectivity index (χ2n) is 6.02. The van der Waals surface area contributed by atoms with Gasteiger partial charge in [0.25, 0.3) is 0 Å². The number of nitrogens with two attached hydrogens (primary N) is 1. The maximum absolute atomic E-state index is 12.2. The van der Waals surface area contributed by atoms with Crippen LogP contribution in [0.25, 0.3) is 0 Å². The zero-order valence-electron chi connectivity index (χ0n) is 13.0. The van der Waals surface area contributed by atoms with E-state index in [0.717, 1.165) is 37.2 Å². The SMILES string of the molecule is Cc1cccc(OCCC(=O)N2CCCC(C(C)N)C2)c1. The summed E-state index contributed by atoms with van der Waals surface area (Å²) in [6.45, 7) is 6.13. The van der Waals surface area contributed by atoms with E-state index in [1.807, 2.05) is 43.0 Å². The van der Waals surface area contributed by atoms with Crippen molar-refractivity contribution in [3.8, 4) is 5.75 Å². The van der Waals surface area contributed by atoms with Gasteiger partial charge in [0.15, 0.2) is 0 Å². The van der Waals surface area contributed by atoms with E-state index in [9.17, 15) is 4.79 Å². The van der Waals surface area contributed by atoms with Crippen LogP contribution < -0.4 is 10.5 Å². The van der Waals surface area contributed by atoms with Gasteiger partial charge in [0, 0.05) is 19.1 Å². The number of carbonyl (C=O) groups is 1. The summed E-state index contributed by atoms with van der Waals surface area (Å²) < 4.78 is 5.65. The van der Waals surface area contributed by atoms with Gasteiger partial charge < -0.3 is 15.4 Å². The molecule has 2 unspecified atom stereocenters. The van der Waals surface area contributed by atoms with Crippen molar-refractivity contribution < 1.29 is 9.53 Å². The number of rotatable bonds is 5.